The van der Waals surface area contributed by atoms with E-state index in [1.807, 2.05) is 60.7 Å². The van der Waals surface area contributed by atoms with Crippen LogP contribution < -0.4 is 15.4 Å². The summed E-state index contributed by atoms with van der Waals surface area (Å²) in [5.41, 5.74) is 0.442. The number of esters is 1. The van der Waals surface area contributed by atoms with Gasteiger partial charge in [0.05, 0.1) is 6.54 Å². The van der Waals surface area contributed by atoms with Crippen molar-refractivity contribution in [2.45, 2.75) is 0 Å². The second-order valence-corrected chi connectivity index (χ2v) is 6.42. The average molecular weight is 406 g/mol. The van der Waals surface area contributed by atoms with E-state index in [4.69, 9.17) is 9.47 Å². The van der Waals surface area contributed by atoms with Gasteiger partial charge >= 0.3 is 5.97 Å². The van der Waals surface area contributed by atoms with Crippen molar-refractivity contribution < 1.29 is 23.9 Å². The Hall–Kier alpha value is -3.87. The molecule has 0 spiro atoms. The van der Waals surface area contributed by atoms with Crippen molar-refractivity contribution in [1.82, 2.24) is 10.6 Å². The Labute approximate surface area is 174 Å². The molecule has 0 saturated carbocycles. The van der Waals surface area contributed by atoms with Gasteiger partial charge in [0.2, 0.25) is 0 Å². The van der Waals surface area contributed by atoms with Crippen molar-refractivity contribution >= 4 is 28.6 Å². The van der Waals surface area contributed by atoms with Gasteiger partial charge in [-0.1, -0.05) is 48.5 Å². The first kappa shape index (κ1) is 20.9. The summed E-state index contributed by atoms with van der Waals surface area (Å²) in [6.45, 7) is -0.165. The largest absolute Gasteiger partial charge is 0.492 e. The fourth-order valence-corrected chi connectivity index (χ4v) is 2.71. The predicted molar refractivity (Wildman–Crippen MR) is 112 cm³/mol. The van der Waals surface area contributed by atoms with Gasteiger partial charge in [0.1, 0.15) is 18.9 Å². The number of carbonyl (C=O) groups is 3. The maximum atomic E-state index is 12.2. The van der Waals surface area contributed by atoms with Crippen LogP contribution in [0.4, 0.5) is 0 Å². The molecule has 0 radical (unpaired) electrons. The topological polar surface area (TPSA) is 93.7 Å². The minimum Gasteiger partial charge on any atom is -0.492 e. The summed E-state index contributed by atoms with van der Waals surface area (Å²) >= 11 is 0. The normalized spacial score (nSPS) is 10.3. The molecule has 3 rings (SSSR count). The number of rotatable bonds is 9. The van der Waals surface area contributed by atoms with E-state index in [2.05, 4.69) is 10.6 Å². The van der Waals surface area contributed by atoms with Gasteiger partial charge in [0.15, 0.2) is 6.61 Å². The predicted octanol–water partition coefficient (Wildman–Crippen LogP) is 2.31. The second-order valence-electron chi connectivity index (χ2n) is 6.42. The molecule has 7 heteroatoms. The molecular weight excluding hydrogens is 384 g/mol. The van der Waals surface area contributed by atoms with Gasteiger partial charge in [-0.05, 0) is 35.0 Å². The van der Waals surface area contributed by atoms with E-state index in [9.17, 15) is 14.4 Å². The zero-order chi connectivity index (χ0) is 21.2. The third-order valence-electron chi connectivity index (χ3n) is 4.21. The number of fused-ring (bicyclic) bond motifs is 1. The summed E-state index contributed by atoms with van der Waals surface area (Å²) in [5, 5.41) is 7.03. The Balaban J connectivity index is 1.32. The zero-order valence-electron chi connectivity index (χ0n) is 16.3. The highest BCUT2D eigenvalue weighted by molar-refractivity contribution is 5.99. The Morgan fingerprint density at radius 2 is 1.53 bits per heavy atom. The summed E-state index contributed by atoms with van der Waals surface area (Å²) in [5.74, 6) is -0.818. The minimum absolute atomic E-state index is 0.282. The quantitative estimate of drug-likeness (QED) is 0.420. The lowest BCUT2D eigenvalue weighted by atomic mass is 10.1. The number of nitrogens with one attached hydrogen (secondary N) is 2. The third-order valence-corrected chi connectivity index (χ3v) is 4.21. The number of hydrogen-bond acceptors (Lipinski definition) is 5. The van der Waals surface area contributed by atoms with E-state index in [0.717, 1.165) is 10.8 Å². The molecule has 154 valence electrons. The monoisotopic (exact) mass is 406 g/mol. The molecule has 0 saturated heterocycles. The SMILES string of the molecule is O=C(COC(=O)CNC(=O)c1ccc2ccccc2c1)NCCOc1ccccc1. The van der Waals surface area contributed by atoms with Crippen LogP contribution in [-0.4, -0.2) is 44.1 Å². The van der Waals surface area contributed by atoms with E-state index < -0.39 is 18.5 Å². The molecule has 30 heavy (non-hydrogen) atoms. The molecule has 0 aliphatic heterocycles. The molecule has 0 bridgehead atoms. The summed E-state index contributed by atoms with van der Waals surface area (Å²) in [4.78, 5) is 35.7. The fourth-order valence-electron chi connectivity index (χ4n) is 2.71. The fraction of sp³-hybridized carbons (Fsp3) is 0.174. The number of para-hydroxylation sites is 1. The third kappa shape index (κ3) is 6.34. The van der Waals surface area contributed by atoms with Gasteiger partial charge in [0, 0.05) is 5.56 Å². The number of benzene rings is 3. The first-order chi connectivity index (χ1) is 14.6. The highest BCUT2D eigenvalue weighted by Gasteiger charge is 2.11. The van der Waals surface area contributed by atoms with Gasteiger partial charge in [-0.2, -0.15) is 0 Å². The molecule has 0 aliphatic carbocycles. The van der Waals surface area contributed by atoms with Crippen molar-refractivity contribution in [3.63, 3.8) is 0 Å². The number of hydrogen-bond donors (Lipinski definition) is 2. The summed E-state index contributed by atoms with van der Waals surface area (Å²) < 4.78 is 10.3. The van der Waals surface area contributed by atoms with Gasteiger partial charge < -0.3 is 20.1 Å². The van der Waals surface area contributed by atoms with Crippen LogP contribution in [0.2, 0.25) is 0 Å². The van der Waals surface area contributed by atoms with Crippen molar-refractivity contribution in [2.75, 3.05) is 26.3 Å². The Bertz CT molecular complexity index is 1020. The lowest BCUT2D eigenvalue weighted by Crippen LogP contribution is -2.35. The maximum absolute atomic E-state index is 12.2. The van der Waals surface area contributed by atoms with Crippen LogP contribution in [0.15, 0.2) is 72.8 Å². The lowest BCUT2D eigenvalue weighted by Gasteiger charge is -2.09. The van der Waals surface area contributed by atoms with Crippen LogP contribution in [0, 0.1) is 0 Å². The molecule has 2 amide bonds. The maximum Gasteiger partial charge on any atom is 0.325 e. The van der Waals surface area contributed by atoms with E-state index >= 15 is 0 Å². The number of ether oxygens (including phenoxy) is 2. The highest BCUT2D eigenvalue weighted by Crippen LogP contribution is 2.15. The molecule has 7 nitrogen and oxygen atoms in total. The standard InChI is InChI=1S/C23H22N2O5/c26-21(24-12-13-29-20-8-2-1-3-9-20)16-30-22(27)15-25-23(28)19-11-10-17-6-4-5-7-18(17)14-19/h1-11,14H,12-13,15-16H2,(H,24,26)(H,25,28). The van der Waals surface area contributed by atoms with Crippen LogP contribution >= 0.6 is 0 Å². The molecule has 0 fully saturated rings. The van der Waals surface area contributed by atoms with Crippen LogP contribution in [-0.2, 0) is 14.3 Å². The van der Waals surface area contributed by atoms with Crippen molar-refractivity contribution in [1.29, 1.82) is 0 Å². The van der Waals surface area contributed by atoms with Crippen LogP contribution in [0.25, 0.3) is 10.8 Å². The first-order valence-corrected chi connectivity index (χ1v) is 9.49. The Morgan fingerprint density at radius 3 is 2.33 bits per heavy atom. The molecule has 3 aromatic carbocycles. The average Bonchev–Trinajstić information content (AvgIpc) is 2.79. The summed E-state index contributed by atoms with van der Waals surface area (Å²) in [6.07, 6.45) is 0. The van der Waals surface area contributed by atoms with Crippen molar-refractivity contribution in [3.05, 3.63) is 78.4 Å². The Morgan fingerprint density at radius 1 is 0.800 bits per heavy atom. The Kier molecular flexibility index (Phi) is 7.38. The minimum atomic E-state index is -0.695. The van der Waals surface area contributed by atoms with Crippen molar-refractivity contribution in [3.8, 4) is 5.75 Å². The number of amides is 2. The van der Waals surface area contributed by atoms with E-state index in [1.54, 1.807) is 12.1 Å². The molecule has 0 unspecified atom stereocenters. The zero-order valence-corrected chi connectivity index (χ0v) is 16.3. The second kappa shape index (κ2) is 10.6. The van der Waals surface area contributed by atoms with Crippen molar-refractivity contribution in [2.24, 2.45) is 0 Å². The lowest BCUT2D eigenvalue weighted by molar-refractivity contribution is -0.147. The number of carbonyl (C=O) groups excluding carboxylic acids is 3. The highest BCUT2D eigenvalue weighted by atomic mass is 16.5. The van der Waals surface area contributed by atoms with Gasteiger partial charge in [-0.15, -0.1) is 0 Å². The molecule has 2 N–H and O–H groups in total. The van der Waals surface area contributed by atoms with Crippen LogP contribution in [0.3, 0.4) is 0 Å². The van der Waals surface area contributed by atoms with E-state index in [-0.39, 0.29) is 19.0 Å². The van der Waals surface area contributed by atoms with Crippen LogP contribution in [0.1, 0.15) is 10.4 Å². The van der Waals surface area contributed by atoms with Crippen LogP contribution in [0.5, 0.6) is 5.75 Å². The van der Waals surface area contributed by atoms with Gasteiger partial charge in [-0.25, -0.2) is 0 Å². The smallest absolute Gasteiger partial charge is 0.325 e. The summed E-state index contributed by atoms with van der Waals surface area (Å²) in [6, 6.07) is 22.2. The molecule has 3 aromatic rings. The summed E-state index contributed by atoms with van der Waals surface area (Å²) in [7, 11) is 0. The van der Waals surface area contributed by atoms with E-state index in [0.29, 0.717) is 17.9 Å². The van der Waals surface area contributed by atoms with Gasteiger partial charge in [0.25, 0.3) is 11.8 Å². The van der Waals surface area contributed by atoms with E-state index in [1.165, 1.54) is 0 Å². The molecule has 0 aromatic heterocycles. The van der Waals surface area contributed by atoms with Gasteiger partial charge in [-0.3, -0.25) is 14.4 Å². The molecular formula is C23H22N2O5. The molecule has 0 atom stereocenters. The molecule has 0 aliphatic rings. The molecule has 0 heterocycles. The first-order valence-electron chi connectivity index (χ1n) is 9.49.